The van der Waals surface area contributed by atoms with Crippen molar-refractivity contribution in [2.75, 3.05) is 0 Å². The zero-order valence-electron chi connectivity index (χ0n) is 7.34. The van der Waals surface area contributed by atoms with Crippen LogP contribution in [0.5, 0.6) is 5.75 Å². The van der Waals surface area contributed by atoms with E-state index < -0.39 is 22.9 Å². The van der Waals surface area contributed by atoms with Gasteiger partial charge in [-0.15, -0.1) is 0 Å². The normalized spacial score (nSPS) is 8.62. The maximum absolute atomic E-state index is 12.5. The zero-order valence-corrected chi connectivity index (χ0v) is 7.34. The topological polar surface area (TPSA) is 37.3 Å². The van der Waals surface area contributed by atoms with Gasteiger partial charge in [0.15, 0.2) is 6.29 Å². The summed E-state index contributed by atoms with van der Waals surface area (Å²) in [6.45, 7) is 4.00. The van der Waals surface area contributed by atoms with Crippen LogP contribution in [0.15, 0.2) is 12.1 Å². The van der Waals surface area contributed by atoms with Crippen LogP contribution in [0.4, 0.5) is 8.78 Å². The summed E-state index contributed by atoms with van der Waals surface area (Å²) in [6.07, 6.45) is 0.0596. The van der Waals surface area contributed by atoms with E-state index in [1.54, 1.807) is 0 Å². The van der Waals surface area contributed by atoms with E-state index in [-0.39, 0.29) is 6.29 Å². The van der Waals surface area contributed by atoms with Gasteiger partial charge in [0.25, 0.3) is 0 Å². The van der Waals surface area contributed by atoms with Crippen LogP contribution in [0.1, 0.15) is 24.2 Å². The Hall–Kier alpha value is -1.45. The molecular formula is C9H10F2O2. The van der Waals surface area contributed by atoms with E-state index in [4.69, 9.17) is 5.11 Å². The molecule has 0 atom stereocenters. The minimum Gasteiger partial charge on any atom is -0.508 e. The fourth-order valence-electron chi connectivity index (χ4n) is 0.684. The van der Waals surface area contributed by atoms with Crippen LogP contribution in [0.2, 0.25) is 0 Å². The molecule has 0 saturated heterocycles. The highest BCUT2D eigenvalue weighted by molar-refractivity contribution is 5.75. The van der Waals surface area contributed by atoms with E-state index in [9.17, 15) is 13.6 Å². The number of carbonyl (C=O) groups is 1. The molecule has 2 nitrogen and oxygen atoms in total. The Morgan fingerprint density at radius 3 is 1.92 bits per heavy atom. The van der Waals surface area contributed by atoms with Crippen molar-refractivity contribution >= 4 is 6.29 Å². The van der Waals surface area contributed by atoms with Crippen LogP contribution in [-0.2, 0) is 0 Å². The third-order valence-corrected chi connectivity index (χ3v) is 1.18. The number of hydrogen-bond donors (Lipinski definition) is 1. The molecule has 0 amide bonds. The lowest BCUT2D eigenvalue weighted by atomic mass is 10.2. The Morgan fingerprint density at radius 2 is 1.62 bits per heavy atom. The van der Waals surface area contributed by atoms with Crippen LogP contribution in [0.25, 0.3) is 0 Å². The van der Waals surface area contributed by atoms with E-state index in [1.165, 1.54) is 0 Å². The van der Waals surface area contributed by atoms with Crippen LogP contribution in [-0.4, -0.2) is 11.4 Å². The molecule has 4 heteroatoms. The lowest BCUT2D eigenvalue weighted by molar-refractivity contribution is 0.111. The first-order valence-corrected chi connectivity index (χ1v) is 3.78. The van der Waals surface area contributed by atoms with Gasteiger partial charge < -0.3 is 5.11 Å². The Bertz CT molecular complexity index is 275. The number of hydrogen-bond acceptors (Lipinski definition) is 2. The summed E-state index contributed by atoms with van der Waals surface area (Å²) in [5, 5.41) is 8.62. The molecule has 0 aliphatic rings. The highest BCUT2D eigenvalue weighted by atomic mass is 19.1. The van der Waals surface area contributed by atoms with Crippen molar-refractivity contribution in [2.45, 2.75) is 13.8 Å². The third-order valence-electron chi connectivity index (χ3n) is 1.18. The van der Waals surface area contributed by atoms with E-state index in [2.05, 4.69) is 0 Å². The van der Waals surface area contributed by atoms with Gasteiger partial charge in [-0.1, -0.05) is 13.8 Å². The molecule has 72 valence electrons. The molecule has 0 aromatic heterocycles. The smallest absolute Gasteiger partial charge is 0.155 e. The number of rotatable bonds is 1. The minimum atomic E-state index is -1.06. The second-order valence-electron chi connectivity index (χ2n) is 1.94. The second kappa shape index (κ2) is 5.24. The fraction of sp³-hybridized carbons (Fsp3) is 0.222. The summed E-state index contributed by atoms with van der Waals surface area (Å²) < 4.78 is 25.0. The molecule has 1 aromatic carbocycles. The SMILES string of the molecule is CC.O=Cc1c(F)cc(O)cc1F. The molecule has 0 spiro atoms. The van der Waals surface area contributed by atoms with Crippen molar-refractivity contribution in [3.05, 3.63) is 29.3 Å². The fourth-order valence-corrected chi connectivity index (χ4v) is 0.684. The lowest BCUT2D eigenvalue weighted by Gasteiger charge is -1.96. The predicted molar refractivity (Wildman–Crippen MR) is 44.8 cm³/mol. The number of carbonyl (C=O) groups excluding carboxylic acids is 1. The van der Waals surface area contributed by atoms with Crippen molar-refractivity contribution in [3.8, 4) is 5.75 Å². The summed E-state index contributed by atoms with van der Waals surface area (Å²) >= 11 is 0. The van der Waals surface area contributed by atoms with Crippen LogP contribution in [0.3, 0.4) is 0 Å². The van der Waals surface area contributed by atoms with Crippen molar-refractivity contribution < 1.29 is 18.7 Å². The first kappa shape index (κ1) is 11.6. The molecule has 0 unspecified atom stereocenters. The molecule has 0 saturated carbocycles. The average Bonchev–Trinajstić information content (AvgIpc) is 2.07. The molecule has 1 aromatic rings. The van der Waals surface area contributed by atoms with Gasteiger partial charge in [0.05, 0.1) is 5.56 Å². The quantitative estimate of drug-likeness (QED) is 0.687. The van der Waals surface area contributed by atoms with E-state index in [0.29, 0.717) is 12.1 Å². The molecule has 0 bridgehead atoms. The molecule has 0 fully saturated rings. The maximum Gasteiger partial charge on any atom is 0.155 e. The third kappa shape index (κ3) is 2.82. The number of phenolic OH excluding ortho intramolecular Hbond substituents is 1. The first-order valence-electron chi connectivity index (χ1n) is 3.78. The highest BCUT2D eigenvalue weighted by Gasteiger charge is 2.08. The van der Waals surface area contributed by atoms with Crippen molar-refractivity contribution in [3.63, 3.8) is 0 Å². The van der Waals surface area contributed by atoms with E-state index in [1.807, 2.05) is 13.8 Å². The number of phenols is 1. The Kier molecular flexibility index (Phi) is 4.66. The summed E-state index contributed by atoms with van der Waals surface area (Å²) in [7, 11) is 0. The van der Waals surface area contributed by atoms with Gasteiger partial charge in [-0.05, 0) is 0 Å². The molecular weight excluding hydrogens is 178 g/mol. The van der Waals surface area contributed by atoms with Gasteiger partial charge >= 0.3 is 0 Å². The maximum atomic E-state index is 12.5. The Labute approximate surface area is 74.8 Å². The summed E-state index contributed by atoms with van der Waals surface area (Å²) in [4.78, 5) is 10.00. The lowest BCUT2D eigenvalue weighted by Crippen LogP contribution is -1.92. The summed E-state index contributed by atoms with van der Waals surface area (Å²) in [6, 6.07) is 1.35. The standard InChI is InChI=1S/C7H4F2O2.C2H6/c8-6-1-4(11)2-7(9)5(6)3-10;1-2/h1-3,11H;1-2H3. The average molecular weight is 188 g/mol. The van der Waals surface area contributed by atoms with E-state index in [0.717, 1.165) is 0 Å². The van der Waals surface area contributed by atoms with Gasteiger partial charge in [0, 0.05) is 12.1 Å². The zero-order chi connectivity index (χ0) is 10.4. The molecule has 1 N–H and O–H groups in total. The second-order valence-corrected chi connectivity index (χ2v) is 1.94. The molecule has 0 radical (unpaired) electrons. The van der Waals surface area contributed by atoms with Crippen LogP contribution >= 0.6 is 0 Å². The first-order chi connectivity index (χ1) is 6.15. The number of aromatic hydroxyl groups is 1. The van der Waals surface area contributed by atoms with Crippen molar-refractivity contribution in [1.29, 1.82) is 0 Å². The molecule has 0 heterocycles. The van der Waals surface area contributed by atoms with E-state index >= 15 is 0 Å². The monoisotopic (exact) mass is 188 g/mol. The Morgan fingerprint density at radius 1 is 1.23 bits per heavy atom. The molecule has 0 aliphatic heterocycles. The minimum absolute atomic E-state index is 0.0596. The summed E-state index contributed by atoms with van der Waals surface area (Å²) in [5.74, 6) is -2.65. The number of aldehydes is 1. The largest absolute Gasteiger partial charge is 0.508 e. The van der Waals surface area contributed by atoms with Gasteiger partial charge in [0.2, 0.25) is 0 Å². The molecule has 0 aliphatic carbocycles. The summed E-state index contributed by atoms with van der Waals surface area (Å²) in [5.41, 5.74) is -0.664. The van der Waals surface area contributed by atoms with Gasteiger partial charge in [-0.25, -0.2) is 8.78 Å². The van der Waals surface area contributed by atoms with Crippen molar-refractivity contribution in [1.82, 2.24) is 0 Å². The van der Waals surface area contributed by atoms with Crippen LogP contribution < -0.4 is 0 Å². The van der Waals surface area contributed by atoms with Gasteiger partial charge in [-0.2, -0.15) is 0 Å². The number of benzene rings is 1. The predicted octanol–water partition coefficient (Wildman–Crippen LogP) is 2.51. The molecule has 1 rings (SSSR count). The highest BCUT2D eigenvalue weighted by Crippen LogP contribution is 2.17. The number of halogens is 2. The van der Waals surface area contributed by atoms with Crippen LogP contribution in [0, 0.1) is 11.6 Å². The van der Waals surface area contributed by atoms with Gasteiger partial charge in [0.1, 0.15) is 17.4 Å². The van der Waals surface area contributed by atoms with Crippen molar-refractivity contribution in [2.24, 2.45) is 0 Å². The Balaban J connectivity index is 0.000000671. The van der Waals surface area contributed by atoms with Gasteiger partial charge in [-0.3, -0.25) is 4.79 Å². The molecule has 13 heavy (non-hydrogen) atoms.